The first kappa shape index (κ1) is 19.2. The predicted octanol–water partition coefficient (Wildman–Crippen LogP) is 4.17. The fraction of sp³-hybridized carbons (Fsp3) is 0.409. The van der Waals surface area contributed by atoms with Crippen molar-refractivity contribution in [1.82, 2.24) is 0 Å². The Bertz CT molecular complexity index is 770. The van der Waals surface area contributed by atoms with E-state index in [-0.39, 0.29) is 18.6 Å². The van der Waals surface area contributed by atoms with Gasteiger partial charge in [-0.3, -0.25) is 4.79 Å². The summed E-state index contributed by atoms with van der Waals surface area (Å²) in [7, 11) is 0. The van der Waals surface area contributed by atoms with Crippen LogP contribution in [0.5, 0.6) is 5.75 Å². The number of carbonyl (C=O) groups excluding carboxylic acids is 1. The highest BCUT2D eigenvalue weighted by Gasteiger charge is 2.16. The number of nitrogens with one attached hydrogen (secondary N) is 2. The molecule has 1 fully saturated rings. The number of aryl methyl sites for hydroxylation is 2. The zero-order chi connectivity index (χ0) is 19.1. The standard InChI is InChI=1S/C22H28N2O3/c1-3-17-8-4-7-16(2)22(17)23-14-21(25)24-18-9-5-10-19(13-18)27-15-20-11-6-12-26-20/h4-5,7-10,13,20,23H,3,6,11-12,14-15H2,1-2H3,(H,24,25). The lowest BCUT2D eigenvalue weighted by Gasteiger charge is -2.15. The summed E-state index contributed by atoms with van der Waals surface area (Å²) in [4.78, 5) is 12.3. The summed E-state index contributed by atoms with van der Waals surface area (Å²) < 4.78 is 11.4. The van der Waals surface area contributed by atoms with E-state index < -0.39 is 0 Å². The second-order valence-electron chi connectivity index (χ2n) is 6.84. The second-order valence-corrected chi connectivity index (χ2v) is 6.84. The van der Waals surface area contributed by atoms with Gasteiger partial charge in [-0.05, 0) is 49.4 Å². The van der Waals surface area contributed by atoms with E-state index in [1.54, 1.807) is 0 Å². The van der Waals surface area contributed by atoms with Gasteiger partial charge in [-0.15, -0.1) is 0 Å². The van der Waals surface area contributed by atoms with E-state index in [0.717, 1.165) is 48.6 Å². The molecule has 144 valence electrons. The molecule has 0 saturated carbocycles. The van der Waals surface area contributed by atoms with E-state index in [1.807, 2.05) is 43.3 Å². The topological polar surface area (TPSA) is 59.6 Å². The van der Waals surface area contributed by atoms with Crippen molar-refractivity contribution in [3.05, 3.63) is 53.6 Å². The number of para-hydroxylation sites is 1. The number of rotatable bonds is 8. The molecule has 1 saturated heterocycles. The first-order chi connectivity index (χ1) is 13.2. The molecule has 27 heavy (non-hydrogen) atoms. The van der Waals surface area contributed by atoms with Crippen LogP contribution in [0.2, 0.25) is 0 Å². The van der Waals surface area contributed by atoms with Crippen molar-refractivity contribution in [2.45, 2.75) is 39.2 Å². The molecule has 2 aromatic rings. The largest absolute Gasteiger partial charge is 0.491 e. The van der Waals surface area contributed by atoms with E-state index in [4.69, 9.17) is 9.47 Å². The Kier molecular flexibility index (Phi) is 6.71. The van der Waals surface area contributed by atoms with Crippen LogP contribution in [0.4, 0.5) is 11.4 Å². The monoisotopic (exact) mass is 368 g/mol. The van der Waals surface area contributed by atoms with Crippen molar-refractivity contribution in [2.24, 2.45) is 0 Å². The SMILES string of the molecule is CCc1cccc(C)c1NCC(=O)Nc1cccc(OCC2CCCO2)c1. The molecule has 2 N–H and O–H groups in total. The van der Waals surface area contributed by atoms with Crippen molar-refractivity contribution in [1.29, 1.82) is 0 Å². The molecule has 0 bridgehead atoms. The molecule has 5 heteroatoms. The van der Waals surface area contributed by atoms with Gasteiger partial charge < -0.3 is 20.1 Å². The molecule has 1 unspecified atom stereocenters. The molecule has 2 aromatic carbocycles. The molecule has 0 radical (unpaired) electrons. The Morgan fingerprint density at radius 2 is 2.11 bits per heavy atom. The van der Waals surface area contributed by atoms with Gasteiger partial charge >= 0.3 is 0 Å². The van der Waals surface area contributed by atoms with Crippen LogP contribution < -0.4 is 15.4 Å². The number of anilines is 2. The summed E-state index contributed by atoms with van der Waals surface area (Å²) in [6.45, 7) is 5.75. The van der Waals surface area contributed by atoms with Crippen LogP contribution in [0.3, 0.4) is 0 Å². The Hall–Kier alpha value is -2.53. The fourth-order valence-corrected chi connectivity index (χ4v) is 3.28. The molecular weight excluding hydrogens is 340 g/mol. The molecule has 5 nitrogen and oxygen atoms in total. The van der Waals surface area contributed by atoms with Crippen molar-refractivity contribution in [2.75, 3.05) is 30.4 Å². The van der Waals surface area contributed by atoms with Gasteiger partial charge in [-0.1, -0.05) is 31.2 Å². The van der Waals surface area contributed by atoms with E-state index in [1.165, 1.54) is 5.56 Å². The molecule has 0 aromatic heterocycles. The van der Waals surface area contributed by atoms with Crippen molar-refractivity contribution in [3.8, 4) is 5.75 Å². The Morgan fingerprint density at radius 1 is 1.26 bits per heavy atom. The fourth-order valence-electron chi connectivity index (χ4n) is 3.28. The van der Waals surface area contributed by atoms with Crippen LogP contribution in [0.1, 0.15) is 30.9 Å². The van der Waals surface area contributed by atoms with Crippen LogP contribution in [0.25, 0.3) is 0 Å². The first-order valence-electron chi connectivity index (χ1n) is 9.62. The highest BCUT2D eigenvalue weighted by atomic mass is 16.5. The highest BCUT2D eigenvalue weighted by molar-refractivity contribution is 5.94. The van der Waals surface area contributed by atoms with Crippen LogP contribution in [0, 0.1) is 6.92 Å². The molecule has 1 amide bonds. The number of ether oxygens (including phenoxy) is 2. The zero-order valence-electron chi connectivity index (χ0n) is 16.1. The van der Waals surface area contributed by atoms with Crippen LogP contribution in [0.15, 0.2) is 42.5 Å². The average molecular weight is 368 g/mol. The van der Waals surface area contributed by atoms with Gasteiger partial charge in [0.2, 0.25) is 5.91 Å². The van der Waals surface area contributed by atoms with Crippen molar-refractivity contribution in [3.63, 3.8) is 0 Å². The smallest absolute Gasteiger partial charge is 0.243 e. The van der Waals surface area contributed by atoms with Gasteiger partial charge in [-0.2, -0.15) is 0 Å². The van der Waals surface area contributed by atoms with E-state index in [2.05, 4.69) is 23.6 Å². The zero-order valence-corrected chi connectivity index (χ0v) is 16.1. The van der Waals surface area contributed by atoms with Crippen LogP contribution in [-0.2, 0) is 16.0 Å². The summed E-state index contributed by atoms with van der Waals surface area (Å²) in [5.74, 6) is 0.653. The Labute approximate surface area is 161 Å². The highest BCUT2D eigenvalue weighted by Crippen LogP contribution is 2.22. The van der Waals surface area contributed by atoms with E-state index >= 15 is 0 Å². The van der Waals surface area contributed by atoms with Gasteiger partial charge in [0.25, 0.3) is 0 Å². The Balaban J connectivity index is 1.52. The molecule has 1 heterocycles. The molecule has 3 rings (SSSR count). The van der Waals surface area contributed by atoms with Gasteiger partial charge in [0.05, 0.1) is 12.6 Å². The third-order valence-corrected chi connectivity index (χ3v) is 4.74. The molecule has 1 aliphatic heterocycles. The lowest BCUT2D eigenvalue weighted by molar-refractivity contribution is -0.114. The van der Waals surface area contributed by atoms with Gasteiger partial charge in [0.1, 0.15) is 12.4 Å². The maximum absolute atomic E-state index is 12.3. The summed E-state index contributed by atoms with van der Waals surface area (Å²) in [5.41, 5.74) is 4.13. The normalized spacial score (nSPS) is 16.1. The summed E-state index contributed by atoms with van der Waals surface area (Å²) in [6.07, 6.45) is 3.24. The summed E-state index contributed by atoms with van der Waals surface area (Å²) >= 11 is 0. The molecule has 0 aliphatic carbocycles. The second kappa shape index (κ2) is 9.42. The first-order valence-corrected chi connectivity index (χ1v) is 9.62. The lowest BCUT2D eigenvalue weighted by atomic mass is 10.1. The number of amides is 1. The quantitative estimate of drug-likeness (QED) is 0.734. The summed E-state index contributed by atoms with van der Waals surface area (Å²) in [6, 6.07) is 13.7. The van der Waals surface area contributed by atoms with Crippen molar-refractivity contribution < 1.29 is 14.3 Å². The average Bonchev–Trinajstić information content (AvgIpc) is 3.19. The van der Waals surface area contributed by atoms with E-state index in [0.29, 0.717) is 6.61 Å². The lowest BCUT2D eigenvalue weighted by Crippen LogP contribution is -2.22. The van der Waals surface area contributed by atoms with Crippen molar-refractivity contribution >= 4 is 17.3 Å². The number of benzene rings is 2. The molecule has 1 atom stereocenters. The molecule has 1 aliphatic rings. The number of hydrogen-bond acceptors (Lipinski definition) is 4. The minimum Gasteiger partial charge on any atom is -0.491 e. The molecule has 0 spiro atoms. The predicted molar refractivity (Wildman–Crippen MR) is 109 cm³/mol. The van der Waals surface area contributed by atoms with E-state index in [9.17, 15) is 4.79 Å². The maximum Gasteiger partial charge on any atom is 0.243 e. The maximum atomic E-state index is 12.3. The minimum absolute atomic E-state index is 0.0865. The van der Waals surface area contributed by atoms with Crippen LogP contribution in [-0.4, -0.2) is 31.8 Å². The third-order valence-electron chi connectivity index (χ3n) is 4.74. The van der Waals surface area contributed by atoms with Crippen LogP contribution >= 0.6 is 0 Å². The van der Waals surface area contributed by atoms with Gasteiger partial charge in [0, 0.05) is 24.0 Å². The third kappa shape index (κ3) is 5.47. The Morgan fingerprint density at radius 3 is 2.89 bits per heavy atom. The molecular formula is C22H28N2O3. The number of hydrogen-bond donors (Lipinski definition) is 2. The summed E-state index contributed by atoms with van der Waals surface area (Å²) in [5, 5.41) is 6.19. The van der Waals surface area contributed by atoms with Gasteiger partial charge in [-0.25, -0.2) is 0 Å². The minimum atomic E-state index is -0.0865. The number of carbonyl (C=O) groups is 1. The van der Waals surface area contributed by atoms with Gasteiger partial charge in [0.15, 0.2) is 0 Å².